The fraction of sp³-hybridized carbons (Fsp3) is 0.500. The molecule has 1 aromatic carbocycles. The smallest absolute Gasteiger partial charge is 0.293 e. The summed E-state index contributed by atoms with van der Waals surface area (Å²) in [4.78, 5) is 1.41. The summed E-state index contributed by atoms with van der Waals surface area (Å²) in [6.07, 6.45) is -6.93. The molecule has 0 aliphatic carbocycles. The number of hydrogen-bond acceptors (Lipinski definition) is 1. The number of benzene rings is 1. The summed E-state index contributed by atoms with van der Waals surface area (Å²) >= 11 is 3.13. The van der Waals surface area contributed by atoms with Crippen LogP contribution < -0.4 is 0 Å². The average Bonchev–Trinajstić information content (AvgIpc) is 2.27. The molecule has 0 aliphatic rings. The van der Waals surface area contributed by atoms with E-state index in [0.29, 0.717) is 17.4 Å². The fourth-order valence-corrected chi connectivity index (χ4v) is 2.16. The van der Waals surface area contributed by atoms with Gasteiger partial charge in [-0.3, -0.25) is 4.90 Å². The lowest BCUT2D eigenvalue weighted by atomic mass is 10.1. The van der Waals surface area contributed by atoms with E-state index in [2.05, 4.69) is 15.9 Å². The maximum atomic E-state index is 12.5. The molecule has 0 unspecified atom stereocenters. The maximum Gasteiger partial charge on any atom is 0.416 e. The summed E-state index contributed by atoms with van der Waals surface area (Å²) in [5.74, 6) is 0. The Balaban J connectivity index is 2.79. The number of halogens is 6. The largest absolute Gasteiger partial charge is 0.416 e. The molecule has 0 spiro atoms. The molecular formula is C12H13BrF5N. The van der Waals surface area contributed by atoms with Crippen LogP contribution in [0, 0.1) is 0 Å². The first-order chi connectivity index (χ1) is 8.82. The molecule has 0 atom stereocenters. The predicted octanol–water partition coefficient (Wildman–Crippen LogP) is 4.17. The van der Waals surface area contributed by atoms with Crippen molar-refractivity contribution in [3.05, 3.63) is 35.4 Å². The highest BCUT2D eigenvalue weighted by molar-refractivity contribution is 9.09. The highest BCUT2D eigenvalue weighted by Gasteiger charge is 2.30. The highest BCUT2D eigenvalue weighted by atomic mass is 79.9. The second-order valence-electron chi connectivity index (χ2n) is 4.01. The van der Waals surface area contributed by atoms with Crippen LogP contribution in [0.3, 0.4) is 0 Å². The Morgan fingerprint density at radius 3 is 2.42 bits per heavy atom. The Labute approximate surface area is 116 Å². The molecule has 1 aromatic rings. The molecule has 0 fully saturated rings. The zero-order valence-corrected chi connectivity index (χ0v) is 11.5. The van der Waals surface area contributed by atoms with Gasteiger partial charge in [0, 0.05) is 18.4 Å². The van der Waals surface area contributed by atoms with Crippen molar-refractivity contribution in [3.63, 3.8) is 0 Å². The van der Waals surface area contributed by atoms with Gasteiger partial charge in [-0.25, -0.2) is 8.78 Å². The number of nitrogens with zero attached hydrogens (tertiary/aromatic N) is 1. The van der Waals surface area contributed by atoms with Crippen LogP contribution in [0.5, 0.6) is 0 Å². The van der Waals surface area contributed by atoms with E-state index in [0.717, 1.165) is 12.1 Å². The summed E-state index contributed by atoms with van der Waals surface area (Å²) in [5.41, 5.74) is -0.391. The molecule has 0 aliphatic heterocycles. The molecule has 0 saturated carbocycles. The molecule has 19 heavy (non-hydrogen) atoms. The van der Waals surface area contributed by atoms with Gasteiger partial charge in [0.25, 0.3) is 6.43 Å². The summed E-state index contributed by atoms with van der Waals surface area (Å²) < 4.78 is 62.3. The van der Waals surface area contributed by atoms with Gasteiger partial charge in [-0.15, -0.1) is 0 Å². The zero-order valence-electron chi connectivity index (χ0n) is 9.93. The minimum Gasteiger partial charge on any atom is -0.293 e. The van der Waals surface area contributed by atoms with E-state index >= 15 is 0 Å². The van der Waals surface area contributed by atoms with Gasteiger partial charge < -0.3 is 0 Å². The molecule has 1 nitrogen and oxygen atoms in total. The van der Waals surface area contributed by atoms with Crippen molar-refractivity contribution in [1.29, 1.82) is 0 Å². The normalized spacial score (nSPS) is 12.4. The molecular weight excluding hydrogens is 333 g/mol. The molecule has 108 valence electrons. The van der Waals surface area contributed by atoms with Gasteiger partial charge >= 0.3 is 6.18 Å². The third kappa shape index (κ3) is 5.86. The lowest BCUT2D eigenvalue weighted by Gasteiger charge is -2.21. The molecule has 0 amide bonds. The fourth-order valence-electron chi connectivity index (χ4n) is 1.65. The Bertz CT molecular complexity index is 394. The standard InChI is InChI=1S/C12H13BrF5N/c13-4-5-19(8-11(14)15)7-9-2-1-3-10(6-9)12(16,17)18/h1-3,6,11H,4-5,7-8H2. The van der Waals surface area contributed by atoms with Crippen molar-refractivity contribution in [1.82, 2.24) is 4.90 Å². The topological polar surface area (TPSA) is 3.24 Å². The van der Waals surface area contributed by atoms with Crippen LogP contribution in [-0.4, -0.2) is 29.7 Å². The number of hydrogen-bond donors (Lipinski definition) is 0. The van der Waals surface area contributed by atoms with Crippen LogP contribution in [0.1, 0.15) is 11.1 Å². The lowest BCUT2D eigenvalue weighted by Crippen LogP contribution is -2.30. The van der Waals surface area contributed by atoms with E-state index in [-0.39, 0.29) is 6.54 Å². The van der Waals surface area contributed by atoms with Gasteiger partial charge in [0.15, 0.2) is 0 Å². The first-order valence-electron chi connectivity index (χ1n) is 5.55. The minimum atomic E-state index is -4.42. The summed E-state index contributed by atoms with van der Waals surface area (Å²) in [6, 6.07) is 4.74. The summed E-state index contributed by atoms with van der Waals surface area (Å²) in [6.45, 7) is -0.0394. The summed E-state index contributed by atoms with van der Waals surface area (Å²) in [5, 5.41) is 0.485. The van der Waals surface area contributed by atoms with E-state index in [1.165, 1.54) is 17.0 Å². The molecule has 0 radical (unpaired) electrons. The minimum absolute atomic E-state index is 0.0693. The van der Waals surface area contributed by atoms with E-state index < -0.39 is 24.7 Å². The Kier molecular flexibility index (Phi) is 6.19. The Hall–Kier alpha value is -0.690. The van der Waals surface area contributed by atoms with E-state index in [1.807, 2.05) is 0 Å². The van der Waals surface area contributed by atoms with Gasteiger partial charge in [-0.1, -0.05) is 34.1 Å². The van der Waals surface area contributed by atoms with Gasteiger partial charge in [0.2, 0.25) is 0 Å². The average molecular weight is 346 g/mol. The Morgan fingerprint density at radius 1 is 1.21 bits per heavy atom. The Morgan fingerprint density at radius 2 is 1.89 bits per heavy atom. The van der Waals surface area contributed by atoms with Gasteiger partial charge in [0.1, 0.15) is 0 Å². The third-order valence-electron chi connectivity index (χ3n) is 2.46. The maximum absolute atomic E-state index is 12.5. The van der Waals surface area contributed by atoms with Gasteiger partial charge in [-0.2, -0.15) is 13.2 Å². The van der Waals surface area contributed by atoms with Crippen LogP contribution in [0.15, 0.2) is 24.3 Å². The summed E-state index contributed by atoms with van der Waals surface area (Å²) in [7, 11) is 0. The molecule has 7 heteroatoms. The van der Waals surface area contributed by atoms with Crippen LogP contribution in [0.25, 0.3) is 0 Å². The molecule has 0 aromatic heterocycles. The second kappa shape index (κ2) is 7.19. The molecule has 0 bridgehead atoms. The third-order valence-corrected chi connectivity index (χ3v) is 2.81. The quantitative estimate of drug-likeness (QED) is 0.552. The van der Waals surface area contributed by atoms with E-state index in [9.17, 15) is 22.0 Å². The molecule has 0 N–H and O–H groups in total. The van der Waals surface area contributed by atoms with Crippen molar-refractivity contribution >= 4 is 15.9 Å². The predicted molar refractivity (Wildman–Crippen MR) is 66.5 cm³/mol. The van der Waals surface area contributed by atoms with Crippen LogP contribution >= 0.6 is 15.9 Å². The van der Waals surface area contributed by atoms with Gasteiger partial charge in [0.05, 0.1) is 12.1 Å². The van der Waals surface area contributed by atoms with Crippen LogP contribution in [0.2, 0.25) is 0 Å². The van der Waals surface area contributed by atoms with Crippen molar-refractivity contribution < 1.29 is 22.0 Å². The van der Waals surface area contributed by atoms with Crippen molar-refractivity contribution in [3.8, 4) is 0 Å². The number of rotatable bonds is 6. The van der Waals surface area contributed by atoms with E-state index in [4.69, 9.17) is 0 Å². The van der Waals surface area contributed by atoms with Crippen molar-refractivity contribution in [2.24, 2.45) is 0 Å². The lowest BCUT2D eigenvalue weighted by molar-refractivity contribution is -0.137. The second-order valence-corrected chi connectivity index (χ2v) is 4.81. The molecule has 1 rings (SSSR count). The van der Waals surface area contributed by atoms with Crippen molar-refractivity contribution in [2.75, 3.05) is 18.4 Å². The number of alkyl halides is 6. The van der Waals surface area contributed by atoms with Gasteiger partial charge in [-0.05, 0) is 11.6 Å². The SMILES string of the molecule is FC(F)CN(CCBr)Cc1cccc(C(F)(F)F)c1. The molecule has 0 saturated heterocycles. The monoisotopic (exact) mass is 345 g/mol. The van der Waals surface area contributed by atoms with Crippen LogP contribution in [-0.2, 0) is 12.7 Å². The highest BCUT2D eigenvalue weighted by Crippen LogP contribution is 2.29. The van der Waals surface area contributed by atoms with Crippen molar-refractivity contribution in [2.45, 2.75) is 19.1 Å². The molecule has 0 heterocycles. The first kappa shape index (κ1) is 16.4. The van der Waals surface area contributed by atoms with E-state index in [1.54, 1.807) is 0 Å². The zero-order chi connectivity index (χ0) is 14.5. The van der Waals surface area contributed by atoms with Crippen LogP contribution in [0.4, 0.5) is 22.0 Å². The first-order valence-corrected chi connectivity index (χ1v) is 6.67.